The first-order valence-corrected chi connectivity index (χ1v) is 4.72. The van der Waals surface area contributed by atoms with Gasteiger partial charge in [0.15, 0.2) is 0 Å². The number of aliphatic carboxylic acids is 1. The molecule has 1 aliphatic heterocycles. The fraction of sp³-hybridized carbons (Fsp3) is 0.300. The van der Waals surface area contributed by atoms with Gasteiger partial charge in [-0.1, -0.05) is 0 Å². The van der Waals surface area contributed by atoms with E-state index >= 15 is 0 Å². The Morgan fingerprint density at radius 3 is 2.76 bits per heavy atom. The number of alkyl halides is 3. The molecule has 4 nitrogen and oxygen atoms in total. The van der Waals surface area contributed by atoms with Gasteiger partial charge in [-0.25, -0.2) is 4.79 Å². The Hall–Kier alpha value is -1.92. The molecule has 2 rings (SSSR count). The van der Waals surface area contributed by atoms with Crippen molar-refractivity contribution >= 4 is 11.7 Å². The van der Waals surface area contributed by atoms with Crippen molar-refractivity contribution in [1.82, 2.24) is 0 Å². The zero-order valence-corrected chi connectivity index (χ0v) is 8.41. The van der Waals surface area contributed by atoms with Gasteiger partial charge in [0.05, 0.1) is 17.8 Å². The lowest BCUT2D eigenvalue weighted by molar-refractivity contribution is -0.144. The van der Waals surface area contributed by atoms with E-state index in [0.717, 1.165) is 12.1 Å². The average Bonchev–Trinajstić information content (AvgIpc) is 2.26. The maximum absolute atomic E-state index is 12.4. The lowest BCUT2D eigenvalue weighted by atomic mass is 10.1. The Bertz CT molecular complexity index is 459. The summed E-state index contributed by atoms with van der Waals surface area (Å²) in [6, 6.07) is 2.92. The Morgan fingerprint density at radius 1 is 1.47 bits per heavy atom. The number of rotatable bonds is 1. The number of carboxylic acid groups (broad SMARTS) is 1. The van der Waals surface area contributed by atoms with E-state index in [4.69, 9.17) is 9.84 Å². The summed E-state index contributed by atoms with van der Waals surface area (Å²) in [6.45, 7) is 0.0215. The molecule has 0 amide bonds. The largest absolute Gasteiger partial charge is 0.478 e. The van der Waals surface area contributed by atoms with E-state index in [1.54, 1.807) is 0 Å². The van der Waals surface area contributed by atoms with Crippen molar-refractivity contribution in [3.63, 3.8) is 0 Å². The number of carbonyl (C=O) groups is 1. The Kier molecular flexibility index (Phi) is 2.60. The first-order valence-electron chi connectivity index (χ1n) is 4.72. The Balaban J connectivity index is 2.32. The number of benzene rings is 1. The molecule has 2 N–H and O–H groups in total. The summed E-state index contributed by atoms with van der Waals surface area (Å²) >= 11 is 0. The molecular weight excluding hydrogens is 239 g/mol. The minimum atomic E-state index is -4.48. The molecule has 1 atom stereocenters. The van der Waals surface area contributed by atoms with Crippen molar-refractivity contribution in [3.05, 3.63) is 23.8 Å². The molecule has 1 aromatic carbocycles. The van der Waals surface area contributed by atoms with Crippen molar-refractivity contribution in [2.24, 2.45) is 0 Å². The maximum atomic E-state index is 12.4. The van der Waals surface area contributed by atoms with Crippen LogP contribution in [-0.4, -0.2) is 23.7 Å². The number of carboxylic acids is 1. The predicted octanol–water partition coefficient (Wildman–Crippen LogP) is 1.96. The van der Waals surface area contributed by atoms with Crippen LogP contribution < -0.4 is 10.1 Å². The zero-order valence-electron chi connectivity index (χ0n) is 8.41. The summed E-state index contributed by atoms with van der Waals surface area (Å²) in [5.41, 5.74) is -0.514. The zero-order chi connectivity index (χ0) is 12.6. The molecule has 0 bridgehead atoms. The lowest BCUT2D eigenvalue weighted by Gasteiger charge is -2.25. The third-order valence-corrected chi connectivity index (χ3v) is 2.33. The smallest absolute Gasteiger partial charge is 0.416 e. The van der Waals surface area contributed by atoms with Crippen LogP contribution in [0.1, 0.15) is 5.56 Å². The summed E-state index contributed by atoms with van der Waals surface area (Å²) in [4.78, 5) is 10.7. The maximum Gasteiger partial charge on any atom is 0.416 e. The van der Waals surface area contributed by atoms with Crippen LogP contribution in [0.4, 0.5) is 18.9 Å². The number of nitrogens with one attached hydrogen (secondary N) is 1. The van der Waals surface area contributed by atoms with Crippen LogP contribution in [-0.2, 0) is 11.0 Å². The second kappa shape index (κ2) is 3.83. The molecular formula is C10H8F3NO3. The molecule has 92 valence electrons. The van der Waals surface area contributed by atoms with Crippen molar-refractivity contribution in [2.75, 3.05) is 11.9 Å². The number of hydrogen-bond acceptors (Lipinski definition) is 3. The SMILES string of the molecule is O=C(O)[C@H]1CNc2ccc(C(F)(F)F)cc2O1. The second-order valence-electron chi connectivity index (χ2n) is 3.53. The van der Waals surface area contributed by atoms with Gasteiger partial charge in [0.25, 0.3) is 0 Å². The van der Waals surface area contributed by atoms with E-state index in [1.165, 1.54) is 6.07 Å². The number of anilines is 1. The molecule has 17 heavy (non-hydrogen) atoms. The van der Waals surface area contributed by atoms with Gasteiger partial charge in [0.1, 0.15) is 5.75 Å². The second-order valence-corrected chi connectivity index (χ2v) is 3.53. The number of hydrogen-bond donors (Lipinski definition) is 2. The van der Waals surface area contributed by atoms with E-state index in [-0.39, 0.29) is 12.3 Å². The first-order chi connectivity index (χ1) is 7.88. The molecule has 0 aromatic heterocycles. The molecule has 0 radical (unpaired) electrons. The van der Waals surface area contributed by atoms with Crippen molar-refractivity contribution < 1.29 is 27.8 Å². The molecule has 0 saturated heterocycles. The minimum absolute atomic E-state index is 0.0215. The quantitative estimate of drug-likeness (QED) is 0.796. The van der Waals surface area contributed by atoms with Crippen LogP contribution in [0.5, 0.6) is 5.75 Å². The van der Waals surface area contributed by atoms with Crippen LogP contribution >= 0.6 is 0 Å². The Labute approximate surface area is 94.0 Å². The molecule has 0 fully saturated rings. The Morgan fingerprint density at radius 2 is 2.18 bits per heavy atom. The highest BCUT2D eigenvalue weighted by Gasteiger charge is 2.33. The highest BCUT2D eigenvalue weighted by atomic mass is 19.4. The first kappa shape index (κ1) is 11.6. The third-order valence-electron chi connectivity index (χ3n) is 2.33. The van der Waals surface area contributed by atoms with Crippen molar-refractivity contribution in [2.45, 2.75) is 12.3 Å². The molecule has 7 heteroatoms. The van der Waals surface area contributed by atoms with Crippen molar-refractivity contribution in [1.29, 1.82) is 0 Å². The molecule has 0 saturated carbocycles. The minimum Gasteiger partial charge on any atom is -0.478 e. The number of halogens is 3. The summed E-state index contributed by atoms with van der Waals surface area (Å²) < 4.78 is 42.2. The topological polar surface area (TPSA) is 58.6 Å². The van der Waals surface area contributed by atoms with E-state index in [2.05, 4.69) is 5.32 Å². The number of fused-ring (bicyclic) bond motifs is 1. The van der Waals surface area contributed by atoms with Crippen LogP contribution in [0, 0.1) is 0 Å². The monoisotopic (exact) mass is 247 g/mol. The van der Waals surface area contributed by atoms with Crippen LogP contribution in [0.2, 0.25) is 0 Å². The van der Waals surface area contributed by atoms with Gasteiger partial charge in [-0.05, 0) is 18.2 Å². The normalized spacial score (nSPS) is 18.9. The molecule has 0 spiro atoms. The van der Waals surface area contributed by atoms with Gasteiger partial charge < -0.3 is 15.2 Å². The van der Waals surface area contributed by atoms with Gasteiger partial charge in [-0.2, -0.15) is 13.2 Å². The summed E-state index contributed by atoms with van der Waals surface area (Å²) in [7, 11) is 0. The van der Waals surface area contributed by atoms with Gasteiger partial charge >= 0.3 is 12.1 Å². The summed E-state index contributed by atoms with van der Waals surface area (Å²) in [6.07, 6.45) is -5.65. The van der Waals surface area contributed by atoms with Crippen LogP contribution in [0.25, 0.3) is 0 Å². The van der Waals surface area contributed by atoms with E-state index in [0.29, 0.717) is 5.69 Å². The fourth-order valence-electron chi connectivity index (χ4n) is 1.48. The van der Waals surface area contributed by atoms with Gasteiger partial charge in [-0.15, -0.1) is 0 Å². The highest BCUT2D eigenvalue weighted by Crippen LogP contribution is 2.36. The van der Waals surface area contributed by atoms with Gasteiger partial charge in [-0.3, -0.25) is 0 Å². The van der Waals surface area contributed by atoms with Gasteiger partial charge in [0.2, 0.25) is 6.10 Å². The molecule has 1 aromatic rings. The fourth-order valence-corrected chi connectivity index (χ4v) is 1.48. The standard InChI is InChI=1S/C10H8F3NO3/c11-10(12,13)5-1-2-6-7(3-5)17-8(4-14-6)9(15)16/h1-3,8,14H,4H2,(H,15,16)/t8-/m1/s1. The lowest BCUT2D eigenvalue weighted by Crippen LogP contribution is -2.37. The van der Waals surface area contributed by atoms with E-state index in [1.807, 2.05) is 0 Å². The summed E-state index contributed by atoms with van der Waals surface area (Å²) in [5, 5.41) is 11.4. The van der Waals surface area contributed by atoms with Gasteiger partial charge in [0, 0.05) is 0 Å². The number of ether oxygens (including phenoxy) is 1. The highest BCUT2D eigenvalue weighted by molar-refractivity contribution is 5.76. The molecule has 0 unspecified atom stereocenters. The predicted molar refractivity (Wildman–Crippen MR) is 52.0 cm³/mol. The molecule has 0 aliphatic carbocycles. The molecule has 1 heterocycles. The molecule has 1 aliphatic rings. The van der Waals surface area contributed by atoms with E-state index < -0.39 is 23.8 Å². The van der Waals surface area contributed by atoms with E-state index in [9.17, 15) is 18.0 Å². The van der Waals surface area contributed by atoms with Crippen LogP contribution in [0.15, 0.2) is 18.2 Å². The third kappa shape index (κ3) is 2.27. The van der Waals surface area contributed by atoms with Crippen LogP contribution in [0.3, 0.4) is 0 Å². The van der Waals surface area contributed by atoms with Crippen molar-refractivity contribution in [3.8, 4) is 5.75 Å². The summed E-state index contributed by atoms with van der Waals surface area (Å²) in [5.74, 6) is -1.32. The average molecular weight is 247 g/mol.